The molecule has 2 rings (SSSR count). The first-order valence-corrected chi connectivity index (χ1v) is 9.48. The first-order valence-electron chi connectivity index (χ1n) is 9.48. The minimum atomic E-state index is -2.21. The number of hydrogen-bond donors (Lipinski definition) is 6. The van der Waals surface area contributed by atoms with Crippen LogP contribution in [-0.2, 0) is 0 Å². The topological polar surface area (TPSA) is 121 Å². The Morgan fingerprint density at radius 1 is 0.862 bits per heavy atom. The van der Waals surface area contributed by atoms with Gasteiger partial charge in [-0.3, -0.25) is 0 Å². The molecule has 2 aromatic carbocycles. The van der Waals surface area contributed by atoms with Crippen molar-refractivity contribution < 1.29 is 30.6 Å². The zero-order chi connectivity index (χ0) is 21.4. The molecule has 29 heavy (non-hydrogen) atoms. The summed E-state index contributed by atoms with van der Waals surface area (Å²) >= 11 is 0. The highest BCUT2D eigenvalue weighted by Gasteiger charge is 2.45. The van der Waals surface area contributed by atoms with Gasteiger partial charge in [0.25, 0.3) is 0 Å². The van der Waals surface area contributed by atoms with Gasteiger partial charge in [-0.25, -0.2) is 0 Å². The van der Waals surface area contributed by atoms with Crippen molar-refractivity contribution in [2.24, 2.45) is 0 Å². The molecule has 0 bridgehead atoms. The predicted molar refractivity (Wildman–Crippen MR) is 112 cm³/mol. The molecule has 6 N–H and O–H groups in total. The summed E-state index contributed by atoms with van der Waals surface area (Å²) in [5.41, 5.74) is -1.03. The van der Waals surface area contributed by atoms with Crippen molar-refractivity contribution in [2.75, 3.05) is 0 Å². The van der Waals surface area contributed by atoms with Crippen LogP contribution < -0.4 is 0 Å². The smallest absolute Gasteiger partial charge is 0.149 e. The van der Waals surface area contributed by atoms with Crippen LogP contribution in [0.15, 0.2) is 72.2 Å². The van der Waals surface area contributed by atoms with E-state index in [0.29, 0.717) is 17.5 Å². The Labute approximate surface area is 170 Å². The van der Waals surface area contributed by atoms with Gasteiger partial charge in [0.1, 0.15) is 35.4 Å². The van der Waals surface area contributed by atoms with Crippen molar-refractivity contribution in [1.82, 2.24) is 0 Å². The van der Waals surface area contributed by atoms with Crippen molar-refractivity contribution >= 4 is 12.2 Å². The van der Waals surface area contributed by atoms with E-state index in [4.69, 9.17) is 0 Å². The Kier molecular flexibility index (Phi) is 7.99. The van der Waals surface area contributed by atoms with Crippen molar-refractivity contribution in [2.45, 2.75) is 43.7 Å². The summed E-state index contributed by atoms with van der Waals surface area (Å²) in [7, 11) is 0. The summed E-state index contributed by atoms with van der Waals surface area (Å²) in [5.74, 6) is -1.12. The molecule has 156 valence electrons. The number of aliphatic hydroxyl groups is 6. The SMILES string of the molecule is CCC[C@](O)(C(O)=Cc1ccccc1)[C@@H](O)[C@H](O)[C@H](O)C(O)=Cc1ccccc1. The van der Waals surface area contributed by atoms with E-state index >= 15 is 0 Å². The molecular formula is C23H28O6. The van der Waals surface area contributed by atoms with Crippen LogP contribution in [0.2, 0.25) is 0 Å². The Bertz CT molecular complexity index is 818. The van der Waals surface area contributed by atoms with E-state index < -0.39 is 35.4 Å². The molecule has 0 spiro atoms. The summed E-state index contributed by atoms with van der Waals surface area (Å²) in [6, 6.07) is 17.3. The lowest BCUT2D eigenvalue weighted by atomic mass is 9.83. The van der Waals surface area contributed by atoms with E-state index in [2.05, 4.69) is 0 Å². The van der Waals surface area contributed by atoms with Gasteiger partial charge in [0.05, 0.1) is 0 Å². The molecule has 0 heterocycles. The molecule has 0 fully saturated rings. The summed E-state index contributed by atoms with van der Waals surface area (Å²) in [6.45, 7) is 1.74. The van der Waals surface area contributed by atoms with Crippen LogP contribution in [0, 0.1) is 0 Å². The molecule has 0 radical (unpaired) electrons. The molecule has 0 aromatic heterocycles. The second kappa shape index (κ2) is 10.2. The Morgan fingerprint density at radius 3 is 1.83 bits per heavy atom. The first-order chi connectivity index (χ1) is 13.8. The summed E-state index contributed by atoms with van der Waals surface area (Å²) in [4.78, 5) is 0. The van der Waals surface area contributed by atoms with Gasteiger partial charge in [-0.1, -0.05) is 74.0 Å². The molecule has 6 heteroatoms. The number of rotatable bonds is 9. The fourth-order valence-corrected chi connectivity index (χ4v) is 3.08. The van der Waals surface area contributed by atoms with Gasteiger partial charge in [0.15, 0.2) is 0 Å². The van der Waals surface area contributed by atoms with Gasteiger partial charge >= 0.3 is 0 Å². The van der Waals surface area contributed by atoms with Crippen molar-refractivity contribution in [3.63, 3.8) is 0 Å². The van der Waals surface area contributed by atoms with Gasteiger partial charge in [-0.15, -0.1) is 0 Å². The lowest BCUT2D eigenvalue weighted by Crippen LogP contribution is -2.54. The Hall–Kier alpha value is -2.64. The van der Waals surface area contributed by atoms with E-state index in [1.807, 2.05) is 0 Å². The third-order valence-corrected chi connectivity index (χ3v) is 4.73. The van der Waals surface area contributed by atoms with Gasteiger partial charge in [0.2, 0.25) is 0 Å². The van der Waals surface area contributed by atoms with E-state index in [0.717, 1.165) is 0 Å². The van der Waals surface area contributed by atoms with E-state index in [-0.39, 0.29) is 6.42 Å². The standard InChI is InChI=1S/C23H28O6/c1-2-13-23(29,19(25)15-17-11-7-4-8-12-17)22(28)21(27)20(26)18(24)14-16-9-5-3-6-10-16/h3-12,14-15,20-22,24-29H,2,13H2,1H3/t20-,21-,22+,23+/m1/s1. The molecule has 6 nitrogen and oxygen atoms in total. The van der Waals surface area contributed by atoms with Gasteiger partial charge in [-0.05, 0) is 29.7 Å². The second-order valence-electron chi connectivity index (χ2n) is 6.97. The minimum Gasteiger partial charge on any atom is -0.509 e. The van der Waals surface area contributed by atoms with Crippen LogP contribution in [-0.4, -0.2) is 54.6 Å². The van der Waals surface area contributed by atoms with Crippen LogP contribution >= 0.6 is 0 Å². The van der Waals surface area contributed by atoms with Gasteiger partial charge < -0.3 is 30.6 Å². The number of hydrogen-bond acceptors (Lipinski definition) is 6. The number of benzene rings is 2. The summed E-state index contributed by atoms with van der Waals surface area (Å²) in [5, 5.41) is 62.9. The zero-order valence-electron chi connectivity index (χ0n) is 16.3. The highest BCUT2D eigenvalue weighted by atomic mass is 16.4. The Morgan fingerprint density at radius 2 is 1.34 bits per heavy atom. The van der Waals surface area contributed by atoms with E-state index in [1.54, 1.807) is 67.6 Å². The molecular weight excluding hydrogens is 372 g/mol. The summed E-state index contributed by atoms with van der Waals surface area (Å²) < 4.78 is 0. The molecule has 0 saturated carbocycles. The molecule has 0 aliphatic heterocycles. The van der Waals surface area contributed by atoms with Crippen molar-refractivity contribution in [3.8, 4) is 0 Å². The third-order valence-electron chi connectivity index (χ3n) is 4.73. The largest absolute Gasteiger partial charge is 0.509 e. The molecule has 0 unspecified atom stereocenters. The lowest BCUT2D eigenvalue weighted by molar-refractivity contribution is -0.149. The van der Waals surface area contributed by atoms with Crippen LogP contribution in [0.5, 0.6) is 0 Å². The minimum absolute atomic E-state index is 0.0731. The van der Waals surface area contributed by atoms with Crippen LogP contribution in [0.1, 0.15) is 30.9 Å². The van der Waals surface area contributed by atoms with Crippen LogP contribution in [0.3, 0.4) is 0 Å². The molecule has 4 atom stereocenters. The molecule has 2 aromatic rings. The summed E-state index contributed by atoms with van der Waals surface area (Å²) in [6.07, 6.45) is -2.92. The predicted octanol–water partition coefficient (Wildman–Crippen LogP) is 2.80. The first kappa shape index (κ1) is 22.6. The fraction of sp³-hybridized carbons (Fsp3) is 0.304. The van der Waals surface area contributed by atoms with Crippen LogP contribution in [0.25, 0.3) is 12.2 Å². The third kappa shape index (κ3) is 5.68. The molecule has 0 amide bonds. The Balaban J connectivity index is 2.27. The molecule has 0 aliphatic carbocycles. The monoisotopic (exact) mass is 400 g/mol. The number of aliphatic hydroxyl groups excluding tert-OH is 5. The normalized spacial score (nSPS) is 18.0. The highest BCUT2D eigenvalue weighted by molar-refractivity contribution is 5.53. The quantitative estimate of drug-likeness (QED) is 0.360. The average Bonchev–Trinajstić information content (AvgIpc) is 2.73. The van der Waals surface area contributed by atoms with Gasteiger partial charge in [-0.2, -0.15) is 0 Å². The lowest BCUT2D eigenvalue weighted by Gasteiger charge is -2.36. The zero-order valence-corrected chi connectivity index (χ0v) is 16.3. The van der Waals surface area contributed by atoms with Crippen LogP contribution in [0.4, 0.5) is 0 Å². The maximum absolute atomic E-state index is 11.0. The van der Waals surface area contributed by atoms with E-state index in [1.165, 1.54) is 12.2 Å². The molecule has 0 saturated heterocycles. The van der Waals surface area contributed by atoms with Gasteiger partial charge in [0, 0.05) is 0 Å². The second-order valence-corrected chi connectivity index (χ2v) is 6.97. The molecule has 0 aliphatic rings. The average molecular weight is 400 g/mol. The van der Waals surface area contributed by atoms with Crippen molar-refractivity contribution in [3.05, 3.63) is 83.3 Å². The van der Waals surface area contributed by atoms with Crippen molar-refractivity contribution in [1.29, 1.82) is 0 Å². The highest BCUT2D eigenvalue weighted by Crippen LogP contribution is 2.30. The van der Waals surface area contributed by atoms with E-state index in [9.17, 15) is 30.6 Å². The fourth-order valence-electron chi connectivity index (χ4n) is 3.08. The maximum atomic E-state index is 11.0. The maximum Gasteiger partial charge on any atom is 0.149 e.